The van der Waals surface area contributed by atoms with Crippen LogP contribution in [0.5, 0.6) is 5.75 Å². The van der Waals surface area contributed by atoms with Gasteiger partial charge in [0, 0.05) is 16.9 Å². The Morgan fingerprint density at radius 2 is 2.39 bits per heavy atom. The van der Waals surface area contributed by atoms with E-state index in [-0.39, 0.29) is 16.4 Å². The molecule has 2 N–H and O–H groups in total. The summed E-state index contributed by atoms with van der Waals surface area (Å²) < 4.78 is 0.755. The maximum Gasteiger partial charge on any atom is 0.251 e. The van der Waals surface area contributed by atoms with Crippen molar-refractivity contribution in [1.82, 2.24) is 5.32 Å². The minimum Gasteiger partial charge on any atom is -0.507 e. The SMILES string of the molecule is CC1(CNC(=O)c2ccc(Br)c(O)c2)CCCS1. The first-order valence-corrected chi connectivity index (χ1v) is 7.69. The van der Waals surface area contributed by atoms with Crippen LogP contribution in [0.4, 0.5) is 0 Å². The Kier molecular flexibility index (Phi) is 4.22. The average Bonchev–Trinajstić information content (AvgIpc) is 2.77. The van der Waals surface area contributed by atoms with Crippen molar-refractivity contribution >= 4 is 33.6 Å². The Hall–Kier alpha value is -0.680. The van der Waals surface area contributed by atoms with Gasteiger partial charge in [0.25, 0.3) is 5.91 Å². The molecule has 0 aromatic heterocycles. The Morgan fingerprint density at radius 3 is 3.00 bits per heavy atom. The van der Waals surface area contributed by atoms with Crippen molar-refractivity contribution in [3.8, 4) is 5.75 Å². The van der Waals surface area contributed by atoms with Crippen molar-refractivity contribution in [1.29, 1.82) is 0 Å². The van der Waals surface area contributed by atoms with Crippen molar-refractivity contribution in [2.24, 2.45) is 0 Å². The molecule has 1 unspecified atom stereocenters. The first kappa shape index (κ1) is 13.7. The number of phenolic OH excluding ortho intramolecular Hbond substituents is 1. The van der Waals surface area contributed by atoms with Crippen LogP contribution in [0.1, 0.15) is 30.1 Å². The summed E-state index contributed by atoms with van der Waals surface area (Å²) in [6.45, 7) is 2.86. The maximum atomic E-state index is 12.0. The second-order valence-electron chi connectivity index (χ2n) is 4.75. The monoisotopic (exact) mass is 329 g/mol. The number of amides is 1. The molecular weight excluding hydrogens is 314 g/mol. The molecule has 0 aliphatic carbocycles. The summed E-state index contributed by atoms with van der Waals surface area (Å²) in [6.07, 6.45) is 2.36. The number of benzene rings is 1. The normalized spacial score (nSPS) is 23.0. The van der Waals surface area contributed by atoms with Crippen LogP contribution in [0.2, 0.25) is 0 Å². The van der Waals surface area contributed by atoms with Gasteiger partial charge in [0.1, 0.15) is 5.75 Å². The van der Waals surface area contributed by atoms with E-state index in [0.29, 0.717) is 16.6 Å². The first-order valence-electron chi connectivity index (χ1n) is 5.91. The molecule has 1 aromatic rings. The van der Waals surface area contributed by atoms with Crippen LogP contribution in [-0.4, -0.2) is 28.1 Å². The summed E-state index contributed by atoms with van der Waals surface area (Å²) in [5.74, 6) is 1.13. The quantitative estimate of drug-likeness (QED) is 0.895. The molecule has 0 bridgehead atoms. The van der Waals surface area contributed by atoms with Gasteiger partial charge >= 0.3 is 0 Å². The molecule has 1 atom stereocenters. The van der Waals surface area contributed by atoms with Gasteiger partial charge in [-0.3, -0.25) is 4.79 Å². The molecule has 1 amide bonds. The van der Waals surface area contributed by atoms with E-state index in [1.54, 1.807) is 12.1 Å². The fraction of sp³-hybridized carbons (Fsp3) is 0.462. The molecule has 1 aliphatic heterocycles. The van der Waals surface area contributed by atoms with E-state index in [4.69, 9.17) is 0 Å². The molecule has 1 heterocycles. The van der Waals surface area contributed by atoms with Crippen LogP contribution in [-0.2, 0) is 0 Å². The van der Waals surface area contributed by atoms with E-state index in [9.17, 15) is 9.90 Å². The molecule has 1 aromatic carbocycles. The Bertz CT molecular complexity index is 458. The van der Waals surface area contributed by atoms with Gasteiger partial charge < -0.3 is 10.4 Å². The zero-order valence-electron chi connectivity index (χ0n) is 10.2. The predicted octanol–water partition coefficient (Wildman–Crippen LogP) is 3.17. The molecule has 18 heavy (non-hydrogen) atoms. The highest BCUT2D eigenvalue weighted by atomic mass is 79.9. The first-order chi connectivity index (χ1) is 8.50. The minimum atomic E-state index is -0.133. The van der Waals surface area contributed by atoms with E-state index in [1.165, 1.54) is 18.2 Å². The lowest BCUT2D eigenvalue weighted by Gasteiger charge is -2.22. The highest BCUT2D eigenvalue weighted by Gasteiger charge is 2.29. The highest BCUT2D eigenvalue weighted by Crippen LogP contribution is 2.37. The number of hydrogen-bond donors (Lipinski definition) is 2. The van der Waals surface area contributed by atoms with Crippen molar-refractivity contribution < 1.29 is 9.90 Å². The van der Waals surface area contributed by atoms with Crippen LogP contribution in [0.25, 0.3) is 0 Å². The van der Waals surface area contributed by atoms with Crippen molar-refractivity contribution in [3.05, 3.63) is 28.2 Å². The van der Waals surface area contributed by atoms with Gasteiger partial charge in [0.15, 0.2) is 0 Å². The largest absolute Gasteiger partial charge is 0.507 e. The summed E-state index contributed by atoms with van der Waals surface area (Å²) in [5, 5.41) is 12.5. The van der Waals surface area contributed by atoms with Crippen LogP contribution in [0, 0.1) is 0 Å². The topological polar surface area (TPSA) is 49.3 Å². The van der Waals surface area contributed by atoms with Crippen LogP contribution in [0.15, 0.2) is 22.7 Å². The molecule has 3 nitrogen and oxygen atoms in total. The van der Waals surface area contributed by atoms with Crippen LogP contribution >= 0.6 is 27.7 Å². The average molecular weight is 330 g/mol. The number of nitrogens with one attached hydrogen (secondary N) is 1. The van der Waals surface area contributed by atoms with Crippen molar-refractivity contribution in [2.75, 3.05) is 12.3 Å². The van der Waals surface area contributed by atoms with E-state index in [0.717, 1.165) is 6.42 Å². The number of phenols is 1. The molecule has 1 saturated heterocycles. The summed E-state index contributed by atoms with van der Waals surface area (Å²) >= 11 is 5.11. The molecule has 0 spiro atoms. The number of hydrogen-bond acceptors (Lipinski definition) is 3. The fourth-order valence-electron chi connectivity index (χ4n) is 2.00. The van der Waals surface area contributed by atoms with Gasteiger partial charge in [-0.25, -0.2) is 0 Å². The number of halogens is 1. The zero-order chi connectivity index (χ0) is 13.2. The Morgan fingerprint density at radius 1 is 1.61 bits per heavy atom. The summed E-state index contributed by atoms with van der Waals surface area (Å²) in [5.41, 5.74) is 0.488. The Balaban J connectivity index is 1.97. The number of rotatable bonds is 3. The van der Waals surface area contributed by atoms with E-state index in [2.05, 4.69) is 28.2 Å². The molecule has 0 saturated carbocycles. The summed E-state index contributed by atoms with van der Waals surface area (Å²) in [7, 11) is 0. The van der Waals surface area contributed by atoms with Gasteiger partial charge in [-0.05, 0) is 59.6 Å². The van der Waals surface area contributed by atoms with E-state index >= 15 is 0 Å². The molecule has 1 aliphatic rings. The third kappa shape index (κ3) is 3.20. The lowest BCUT2D eigenvalue weighted by molar-refractivity contribution is 0.0949. The second kappa shape index (κ2) is 5.53. The fourth-order valence-corrected chi connectivity index (χ4v) is 3.49. The number of carbonyl (C=O) groups is 1. The van der Waals surface area contributed by atoms with Gasteiger partial charge in [0.2, 0.25) is 0 Å². The third-order valence-electron chi connectivity index (χ3n) is 3.13. The lowest BCUT2D eigenvalue weighted by atomic mass is 10.1. The van der Waals surface area contributed by atoms with Crippen LogP contribution in [0.3, 0.4) is 0 Å². The van der Waals surface area contributed by atoms with E-state index < -0.39 is 0 Å². The maximum absolute atomic E-state index is 12.0. The van der Waals surface area contributed by atoms with Gasteiger partial charge in [-0.2, -0.15) is 11.8 Å². The second-order valence-corrected chi connectivity index (χ2v) is 7.29. The standard InChI is InChI=1S/C13H16BrNO2S/c1-13(5-2-6-18-13)8-15-12(17)9-3-4-10(14)11(16)7-9/h3-4,7,16H,2,5-6,8H2,1H3,(H,15,17). The van der Waals surface area contributed by atoms with Crippen LogP contribution < -0.4 is 5.32 Å². The van der Waals surface area contributed by atoms with Gasteiger partial charge in [-0.15, -0.1) is 0 Å². The lowest BCUT2D eigenvalue weighted by Crippen LogP contribution is -2.36. The third-order valence-corrected chi connectivity index (χ3v) is 5.34. The van der Waals surface area contributed by atoms with Crippen molar-refractivity contribution in [3.63, 3.8) is 0 Å². The summed E-state index contributed by atoms with van der Waals surface area (Å²) in [6, 6.07) is 4.85. The molecule has 98 valence electrons. The molecule has 0 radical (unpaired) electrons. The van der Waals surface area contributed by atoms with Gasteiger partial charge in [-0.1, -0.05) is 0 Å². The Labute approximate surface area is 119 Å². The predicted molar refractivity (Wildman–Crippen MR) is 78.2 cm³/mol. The molecule has 1 fully saturated rings. The summed E-state index contributed by atoms with van der Waals surface area (Å²) in [4.78, 5) is 12.0. The molecule has 2 rings (SSSR count). The smallest absolute Gasteiger partial charge is 0.251 e. The molecule has 5 heteroatoms. The number of aromatic hydroxyl groups is 1. The van der Waals surface area contributed by atoms with Crippen molar-refractivity contribution in [2.45, 2.75) is 24.5 Å². The number of carbonyl (C=O) groups excluding carboxylic acids is 1. The van der Waals surface area contributed by atoms with E-state index in [1.807, 2.05) is 11.8 Å². The van der Waals surface area contributed by atoms with Gasteiger partial charge in [0.05, 0.1) is 4.47 Å². The highest BCUT2D eigenvalue weighted by molar-refractivity contribution is 9.10. The number of thioether (sulfide) groups is 1. The zero-order valence-corrected chi connectivity index (χ0v) is 12.6. The molecular formula is C13H16BrNO2S. The minimum absolute atomic E-state index is 0.0871.